The summed E-state index contributed by atoms with van der Waals surface area (Å²) < 4.78 is 14.7. The number of rotatable bonds is 5. The zero-order valence-corrected chi connectivity index (χ0v) is 8.93. The van der Waals surface area contributed by atoms with Crippen LogP contribution in [0.4, 0.5) is 0 Å². The van der Waals surface area contributed by atoms with Crippen LogP contribution in [0.15, 0.2) is 0 Å². The molecule has 1 unspecified atom stereocenters. The molecule has 8 heteroatoms. The molecule has 1 aliphatic heterocycles. The van der Waals surface area contributed by atoms with Crippen molar-refractivity contribution in [3.05, 3.63) is 0 Å². The van der Waals surface area contributed by atoms with Gasteiger partial charge in [0.05, 0.1) is 19.3 Å². The van der Waals surface area contributed by atoms with Gasteiger partial charge in [-0.3, -0.25) is 9.32 Å². The molecule has 0 aromatic heterocycles. The van der Waals surface area contributed by atoms with Crippen molar-refractivity contribution in [3.8, 4) is 0 Å². The minimum Gasteiger partial charge on any atom is -0.335 e. The van der Waals surface area contributed by atoms with Crippen molar-refractivity contribution < 1.29 is 28.8 Å². The summed E-state index contributed by atoms with van der Waals surface area (Å²) in [5, 5.41) is 10.4. The average Bonchev–Trinajstić information content (AvgIpc) is 2.45. The Bertz CT molecular complexity index is 277. The highest BCUT2D eigenvalue weighted by Gasteiger charge is 2.32. The first-order chi connectivity index (χ1) is 6.94. The van der Waals surface area contributed by atoms with E-state index in [1.54, 1.807) is 0 Å². The van der Waals surface area contributed by atoms with Gasteiger partial charge in [-0.25, -0.2) is 9.67 Å². The van der Waals surface area contributed by atoms with Crippen molar-refractivity contribution in [2.24, 2.45) is 0 Å². The van der Waals surface area contributed by atoms with E-state index in [0.717, 1.165) is 0 Å². The summed E-state index contributed by atoms with van der Waals surface area (Å²) >= 11 is 0. The Morgan fingerprint density at radius 2 is 2.20 bits per heavy atom. The van der Waals surface area contributed by atoms with E-state index in [4.69, 9.17) is 9.79 Å². The fraction of sp³-hybridized carbons (Fsp3) is 0.857. The number of carbonyl (C=O) groups is 1. The van der Waals surface area contributed by atoms with Crippen molar-refractivity contribution in [1.29, 1.82) is 0 Å². The van der Waals surface area contributed by atoms with Gasteiger partial charge in [-0.15, -0.1) is 0 Å². The molecule has 0 aliphatic carbocycles. The Balaban J connectivity index is 2.47. The number of hydrogen-bond acceptors (Lipinski definition) is 3. The minimum atomic E-state index is -4.50. The summed E-state index contributed by atoms with van der Waals surface area (Å²) in [5.41, 5.74) is 0. The molecule has 1 atom stereocenters. The predicted molar refractivity (Wildman–Crippen MR) is 48.3 cm³/mol. The molecular formula is C7H13NO6P. The third-order valence-corrected chi connectivity index (χ3v) is 2.71. The van der Waals surface area contributed by atoms with E-state index in [2.05, 4.69) is 4.52 Å². The van der Waals surface area contributed by atoms with Gasteiger partial charge in [-0.1, -0.05) is 0 Å². The van der Waals surface area contributed by atoms with Crippen molar-refractivity contribution in [2.45, 2.75) is 18.9 Å². The number of hydrogen-bond donors (Lipinski definition) is 2. The van der Waals surface area contributed by atoms with Crippen molar-refractivity contribution in [1.82, 2.24) is 4.90 Å². The Hall–Kier alpha value is -0.460. The summed E-state index contributed by atoms with van der Waals surface area (Å²) in [7, 11) is -4.50. The van der Waals surface area contributed by atoms with Crippen LogP contribution < -0.4 is 0 Å². The standard InChI is InChI=1S/C7H13NO6P/c9-4-3-8-6(1-2-7(8)10)5-14-15(11,12)13/h6H,1-5H2,(H2,11,12,13). The Morgan fingerprint density at radius 3 is 2.73 bits per heavy atom. The molecule has 7 nitrogen and oxygen atoms in total. The Morgan fingerprint density at radius 1 is 1.53 bits per heavy atom. The van der Waals surface area contributed by atoms with Crippen LogP contribution in [0.1, 0.15) is 12.8 Å². The minimum absolute atomic E-state index is 0.0635. The van der Waals surface area contributed by atoms with Crippen molar-refractivity contribution in [3.63, 3.8) is 0 Å². The SMILES string of the molecule is [O]CCN1C(=O)CCC1COP(=O)(O)O. The van der Waals surface area contributed by atoms with Crippen LogP contribution in [0, 0.1) is 0 Å². The number of nitrogens with zero attached hydrogens (tertiary/aromatic N) is 1. The lowest BCUT2D eigenvalue weighted by Gasteiger charge is -2.23. The zero-order chi connectivity index (χ0) is 11.5. The first kappa shape index (κ1) is 12.6. The van der Waals surface area contributed by atoms with E-state index < -0.39 is 14.4 Å². The molecule has 1 saturated heterocycles. The first-order valence-corrected chi connectivity index (χ1v) is 6.05. The van der Waals surface area contributed by atoms with Crippen LogP contribution in [0.2, 0.25) is 0 Å². The van der Waals surface area contributed by atoms with Crippen LogP contribution in [0.3, 0.4) is 0 Å². The van der Waals surface area contributed by atoms with Crippen LogP contribution in [-0.4, -0.2) is 46.4 Å². The van der Waals surface area contributed by atoms with Gasteiger partial charge in [0.15, 0.2) is 0 Å². The maximum Gasteiger partial charge on any atom is 0.469 e. The lowest BCUT2D eigenvalue weighted by atomic mass is 10.2. The monoisotopic (exact) mass is 238 g/mol. The van der Waals surface area contributed by atoms with E-state index in [0.29, 0.717) is 12.8 Å². The fourth-order valence-corrected chi connectivity index (χ4v) is 1.92. The Labute approximate surface area is 86.9 Å². The van der Waals surface area contributed by atoms with Gasteiger partial charge >= 0.3 is 7.82 Å². The van der Waals surface area contributed by atoms with Crippen LogP contribution in [0.5, 0.6) is 0 Å². The van der Waals surface area contributed by atoms with E-state index in [-0.39, 0.29) is 25.1 Å². The van der Waals surface area contributed by atoms with Crippen LogP contribution in [0.25, 0.3) is 0 Å². The van der Waals surface area contributed by atoms with Crippen LogP contribution in [-0.2, 0) is 19.0 Å². The highest BCUT2D eigenvalue weighted by molar-refractivity contribution is 7.46. The molecule has 2 N–H and O–H groups in total. The third kappa shape index (κ3) is 3.89. The van der Waals surface area contributed by atoms with E-state index in [1.807, 2.05) is 0 Å². The molecule has 1 amide bonds. The first-order valence-electron chi connectivity index (χ1n) is 4.51. The number of phosphoric ester groups is 1. The molecule has 0 bridgehead atoms. The molecule has 0 spiro atoms. The van der Waals surface area contributed by atoms with Crippen molar-refractivity contribution in [2.75, 3.05) is 19.8 Å². The molecule has 1 aliphatic rings. The van der Waals surface area contributed by atoms with Gasteiger partial charge in [0.25, 0.3) is 0 Å². The quantitative estimate of drug-likeness (QED) is 0.629. The summed E-state index contributed by atoms with van der Waals surface area (Å²) in [6.07, 6.45) is 0.772. The smallest absolute Gasteiger partial charge is 0.335 e. The topological polar surface area (TPSA) is 107 Å². The molecule has 87 valence electrons. The maximum absolute atomic E-state index is 11.2. The van der Waals surface area contributed by atoms with E-state index >= 15 is 0 Å². The second kappa shape index (κ2) is 5.05. The number of likely N-dealkylation sites (tertiary alicyclic amines) is 1. The largest absolute Gasteiger partial charge is 0.469 e. The van der Waals surface area contributed by atoms with Gasteiger partial charge in [0, 0.05) is 13.0 Å². The molecular weight excluding hydrogens is 225 g/mol. The molecule has 1 radical (unpaired) electrons. The van der Waals surface area contributed by atoms with E-state index in [9.17, 15) is 14.5 Å². The average molecular weight is 238 g/mol. The molecule has 1 fully saturated rings. The summed E-state index contributed by atoms with van der Waals surface area (Å²) in [6.45, 7) is -0.581. The van der Waals surface area contributed by atoms with Gasteiger partial charge in [0.2, 0.25) is 5.91 Å². The van der Waals surface area contributed by atoms with Gasteiger partial charge in [-0.05, 0) is 6.42 Å². The Kier molecular flexibility index (Phi) is 4.24. The summed E-state index contributed by atoms with van der Waals surface area (Å²) in [6, 6.07) is -0.390. The lowest BCUT2D eigenvalue weighted by molar-refractivity contribution is -0.130. The molecule has 0 aromatic carbocycles. The van der Waals surface area contributed by atoms with Crippen LogP contribution >= 0.6 is 7.82 Å². The maximum atomic E-state index is 11.2. The fourth-order valence-electron chi connectivity index (χ4n) is 1.56. The number of phosphoric acid groups is 1. The highest BCUT2D eigenvalue weighted by Crippen LogP contribution is 2.36. The second-order valence-electron chi connectivity index (χ2n) is 3.27. The summed E-state index contributed by atoms with van der Waals surface area (Å²) in [5.74, 6) is -0.162. The zero-order valence-electron chi connectivity index (χ0n) is 8.03. The molecule has 1 rings (SSSR count). The summed E-state index contributed by atoms with van der Waals surface area (Å²) in [4.78, 5) is 29.5. The second-order valence-corrected chi connectivity index (χ2v) is 4.51. The third-order valence-electron chi connectivity index (χ3n) is 2.22. The predicted octanol–water partition coefficient (Wildman–Crippen LogP) is -0.483. The highest BCUT2D eigenvalue weighted by atomic mass is 31.2. The molecule has 0 aromatic rings. The number of carbonyl (C=O) groups excluding carboxylic acids is 1. The molecule has 0 saturated carbocycles. The normalized spacial score (nSPS) is 22.5. The van der Waals surface area contributed by atoms with E-state index in [1.165, 1.54) is 4.90 Å². The van der Waals surface area contributed by atoms with Gasteiger partial charge < -0.3 is 14.7 Å². The van der Waals surface area contributed by atoms with Crippen molar-refractivity contribution >= 4 is 13.7 Å². The lowest BCUT2D eigenvalue weighted by Crippen LogP contribution is -2.37. The molecule has 1 heterocycles. The number of amides is 1. The van der Waals surface area contributed by atoms with Gasteiger partial charge in [-0.2, -0.15) is 0 Å². The molecule has 15 heavy (non-hydrogen) atoms. The van der Waals surface area contributed by atoms with Gasteiger partial charge in [0.1, 0.15) is 0 Å².